The predicted octanol–water partition coefficient (Wildman–Crippen LogP) is 2.15. The van der Waals surface area contributed by atoms with Crippen molar-refractivity contribution in [1.29, 1.82) is 0 Å². The number of amides is 1. The lowest BCUT2D eigenvalue weighted by Gasteiger charge is -2.07. The monoisotopic (exact) mass is 254 g/mol. The Kier molecular flexibility index (Phi) is 5.71. The first-order chi connectivity index (χ1) is 8.24. The minimum Gasteiger partial charge on any atom is -0.482 e. The van der Waals surface area contributed by atoms with Crippen LogP contribution in [0.4, 0.5) is 0 Å². The van der Waals surface area contributed by atoms with E-state index in [1.165, 1.54) is 0 Å². The van der Waals surface area contributed by atoms with Crippen LogP contribution >= 0.6 is 11.6 Å². The van der Waals surface area contributed by atoms with Crippen molar-refractivity contribution >= 4 is 17.5 Å². The maximum atomic E-state index is 11.3. The Morgan fingerprint density at radius 1 is 1.53 bits per heavy atom. The third kappa shape index (κ3) is 5.10. The number of benzene rings is 1. The quantitative estimate of drug-likeness (QED) is 0.365. The predicted molar refractivity (Wildman–Crippen MR) is 64.0 cm³/mol. The van der Waals surface area contributed by atoms with Gasteiger partial charge in [-0.15, -0.1) is 0 Å². The highest BCUT2D eigenvalue weighted by Gasteiger charge is 2.04. The van der Waals surface area contributed by atoms with E-state index in [1.807, 2.05) is 0 Å². The number of ether oxygens (including phenoxy) is 1. The van der Waals surface area contributed by atoms with Crippen LogP contribution in [0.1, 0.15) is 0 Å². The van der Waals surface area contributed by atoms with Crippen molar-refractivity contribution in [2.45, 2.75) is 0 Å². The Balaban J connectivity index is 2.28. The average Bonchev–Trinajstić information content (AvgIpc) is 2.34. The third-order valence-corrected chi connectivity index (χ3v) is 2.10. The molecule has 1 rings (SSSR count). The second kappa shape index (κ2) is 7.38. The van der Waals surface area contributed by atoms with Crippen molar-refractivity contribution in [1.82, 2.24) is 5.32 Å². The Hall–Kier alpha value is -1.91. The molecule has 0 aliphatic rings. The normalized spacial score (nSPS) is 9.24. The number of nitrogens with zero attached hydrogens (tertiary/aromatic N) is 3. The number of carbonyl (C=O) groups excluding carboxylic acids is 1. The molecule has 0 saturated carbocycles. The molecule has 0 aliphatic carbocycles. The molecule has 1 amide bonds. The van der Waals surface area contributed by atoms with Gasteiger partial charge in [-0.05, 0) is 17.7 Å². The molecule has 0 radical (unpaired) electrons. The molecule has 0 aromatic heterocycles. The second-order valence-corrected chi connectivity index (χ2v) is 3.43. The van der Waals surface area contributed by atoms with Gasteiger partial charge in [-0.3, -0.25) is 4.79 Å². The summed E-state index contributed by atoms with van der Waals surface area (Å²) in [6, 6.07) is 6.89. The average molecular weight is 255 g/mol. The SMILES string of the molecule is [N-]=[N+]=NCCNC(=O)COc1ccccc1Cl. The first-order valence-electron chi connectivity index (χ1n) is 4.89. The highest BCUT2D eigenvalue weighted by molar-refractivity contribution is 6.32. The van der Waals surface area contributed by atoms with Gasteiger partial charge in [-0.1, -0.05) is 28.8 Å². The molecular weight excluding hydrogens is 244 g/mol. The molecule has 6 nitrogen and oxygen atoms in total. The fourth-order valence-electron chi connectivity index (χ4n) is 1.05. The van der Waals surface area contributed by atoms with Crippen LogP contribution in [0.2, 0.25) is 5.02 Å². The second-order valence-electron chi connectivity index (χ2n) is 3.02. The lowest BCUT2D eigenvalue weighted by Crippen LogP contribution is -2.30. The Bertz CT molecular complexity index is 432. The zero-order chi connectivity index (χ0) is 12.5. The Morgan fingerprint density at radius 2 is 2.29 bits per heavy atom. The fourth-order valence-corrected chi connectivity index (χ4v) is 1.24. The summed E-state index contributed by atoms with van der Waals surface area (Å²) in [7, 11) is 0. The summed E-state index contributed by atoms with van der Waals surface area (Å²) in [5.41, 5.74) is 8.02. The van der Waals surface area contributed by atoms with E-state index in [0.717, 1.165) is 0 Å². The number of hydrogen-bond acceptors (Lipinski definition) is 3. The topological polar surface area (TPSA) is 87.1 Å². The number of para-hydroxylation sites is 1. The summed E-state index contributed by atoms with van der Waals surface area (Å²) >= 11 is 5.84. The largest absolute Gasteiger partial charge is 0.482 e. The van der Waals surface area contributed by atoms with Crippen LogP contribution < -0.4 is 10.1 Å². The van der Waals surface area contributed by atoms with Gasteiger partial charge in [0.25, 0.3) is 5.91 Å². The maximum absolute atomic E-state index is 11.3. The molecule has 1 aromatic rings. The molecule has 0 aliphatic heterocycles. The minimum absolute atomic E-state index is 0.125. The van der Waals surface area contributed by atoms with Crippen LogP contribution in [0.3, 0.4) is 0 Å². The van der Waals surface area contributed by atoms with Crippen molar-refractivity contribution in [3.8, 4) is 5.75 Å². The van der Waals surface area contributed by atoms with Gasteiger partial charge in [0.15, 0.2) is 6.61 Å². The molecule has 0 saturated heterocycles. The molecule has 7 heteroatoms. The molecule has 0 spiro atoms. The number of carbonyl (C=O) groups is 1. The zero-order valence-electron chi connectivity index (χ0n) is 8.97. The lowest BCUT2D eigenvalue weighted by atomic mass is 10.3. The molecule has 90 valence electrons. The van der Waals surface area contributed by atoms with Gasteiger partial charge in [0.05, 0.1) is 5.02 Å². The number of azide groups is 1. The van der Waals surface area contributed by atoms with Crippen molar-refractivity contribution in [3.63, 3.8) is 0 Å². The Labute approximate surface area is 103 Å². The fraction of sp³-hybridized carbons (Fsp3) is 0.300. The van der Waals surface area contributed by atoms with E-state index in [-0.39, 0.29) is 25.6 Å². The van der Waals surface area contributed by atoms with E-state index in [1.54, 1.807) is 24.3 Å². The van der Waals surface area contributed by atoms with E-state index < -0.39 is 0 Å². The standard InChI is InChI=1S/C10H11ClN4O2/c11-8-3-1-2-4-9(8)17-7-10(16)13-5-6-14-15-12/h1-4H,5-7H2,(H,13,16). The summed E-state index contributed by atoms with van der Waals surface area (Å²) < 4.78 is 5.21. The van der Waals surface area contributed by atoms with Crippen LogP contribution in [0.5, 0.6) is 5.75 Å². The molecular formula is C10H11ClN4O2. The van der Waals surface area contributed by atoms with Crippen LogP contribution in [0.15, 0.2) is 29.4 Å². The Morgan fingerprint density at radius 3 is 3.00 bits per heavy atom. The van der Waals surface area contributed by atoms with Gasteiger partial charge in [0.1, 0.15) is 5.75 Å². The molecule has 0 heterocycles. The van der Waals surface area contributed by atoms with E-state index in [4.69, 9.17) is 21.9 Å². The number of hydrogen-bond donors (Lipinski definition) is 1. The van der Waals surface area contributed by atoms with Crippen LogP contribution in [0.25, 0.3) is 10.4 Å². The molecule has 1 aromatic carbocycles. The van der Waals surface area contributed by atoms with Gasteiger partial charge < -0.3 is 10.1 Å². The van der Waals surface area contributed by atoms with Gasteiger partial charge >= 0.3 is 0 Å². The first-order valence-corrected chi connectivity index (χ1v) is 5.26. The number of nitrogens with one attached hydrogen (secondary N) is 1. The minimum atomic E-state index is -0.293. The highest BCUT2D eigenvalue weighted by Crippen LogP contribution is 2.22. The van der Waals surface area contributed by atoms with Crippen LogP contribution in [-0.2, 0) is 4.79 Å². The molecule has 0 fully saturated rings. The molecule has 0 unspecified atom stereocenters. The molecule has 0 atom stereocenters. The summed E-state index contributed by atoms with van der Waals surface area (Å²) in [5.74, 6) is 0.164. The van der Waals surface area contributed by atoms with Gasteiger partial charge in [0.2, 0.25) is 0 Å². The third-order valence-electron chi connectivity index (χ3n) is 1.79. The smallest absolute Gasteiger partial charge is 0.257 e. The first kappa shape index (κ1) is 13.2. The zero-order valence-corrected chi connectivity index (χ0v) is 9.72. The number of rotatable bonds is 6. The van der Waals surface area contributed by atoms with E-state index in [2.05, 4.69) is 15.3 Å². The van der Waals surface area contributed by atoms with E-state index in [9.17, 15) is 4.79 Å². The molecule has 17 heavy (non-hydrogen) atoms. The number of halogens is 1. The van der Waals surface area contributed by atoms with Gasteiger partial charge in [0, 0.05) is 18.0 Å². The molecule has 1 N–H and O–H groups in total. The highest BCUT2D eigenvalue weighted by atomic mass is 35.5. The van der Waals surface area contributed by atoms with Crippen LogP contribution in [0, 0.1) is 0 Å². The maximum Gasteiger partial charge on any atom is 0.257 e. The van der Waals surface area contributed by atoms with Crippen molar-refractivity contribution in [2.24, 2.45) is 5.11 Å². The van der Waals surface area contributed by atoms with Crippen LogP contribution in [-0.4, -0.2) is 25.6 Å². The van der Waals surface area contributed by atoms with Crippen molar-refractivity contribution < 1.29 is 9.53 Å². The summed E-state index contributed by atoms with van der Waals surface area (Å²) in [6.07, 6.45) is 0. The summed E-state index contributed by atoms with van der Waals surface area (Å²) in [4.78, 5) is 13.8. The van der Waals surface area contributed by atoms with Crippen molar-refractivity contribution in [3.05, 3.63) is 39.7 Å². The molecule has 0 bridgehead atoms. The van der Waals surface area contributed by atoms with Crippen molar-refractivity contribution in [2.75, 3.05) is 19.7 Å². The van der Waals surface area contributed by atoms with Gasteiger partial charge in [-0.25, -0.2) is 0 Å². The van der Waals surface area contributed by atoms with E-state index >= 15 is 0 Å². The summed E-state index contributed by atoms with van der Waals surface area (Å²) in [5, 5.41) is 6.27. The lowest BCUT2D eigenvalue weighted by molar-refractivity contribution is -0.123. The van der Waals surface area contributed by atoms with E-state index in [0.29, 0.717) is 10.8 Å². The van der Waals surface area contributed by atoms with Gasteiger partial charge in [-0.2, -0.15) is 0 Å². The summed E-state index contributed by atoms with van der Waals surface area (Å²) in [6.45, 7) is 0.378.